The van der Waals surface area contributed by atoms with Crippen LogP contribution in [0.4, 0.5) is 5.69 Å². The highest BCUT2D eigenvalue weighted by Gasteiger charge is 1.96. The van der Waals surface area contributed by atoms with Crippen LogP contribution in [-0.2, 0) is 6.42 Å². The molecule has 1 N–H and O–H groups in total. The summed E-state index contributed by atoms with van der Waals surface area (Å²) < 4.78 is 0. The lowest BCUT2D eigenvalue weighted by atomic mass is 10.1. The second-order valence-electron chi connectivity index (χ2n) is 4.37. The van der Waals surface area contributed by atoms with E-state index in [-0.39, 0.29) is 0 Å². The molecule has 0 aliphatic heterocycles. The Kier molecular flexibility index (Phi) is 5.94. The normalized spacial score (nSPS) is 10.4. The lowest BCUT2D eigenvalue weighted by Gasteiger charge is -2.12. The molecule has 90 valence electrons. The molecular weight excluding hydrogens is 196 g/mol. The molecule has 2 heteroatoms. The van der Waals surface area contributed by atoms with Gasteiger partial charge in [-0.1, -0.05) is 19.1 Å². The number of anilines is 1. The summed E-state index contributed by atoms with van der Waals surface area (Å²) in [6.07, 6.45) is 3.73. The molecule has 0 amide bonds. The Morgan fingerprint density at radius 2 is 1.75 bits per heavy atom. The van der Waals surface area contributed by atoms with Gasteiger partial charge in [0.15, 0.2) is 0 Å². The maximum absolute atomic E-state index is 3.35. The first-order chi connectivity index (χ1) is 7.74. The molecule has 1 aromatic rings. The van der Waals surface area contributed by atoms with Gasteiger partial charge >= 0.3 is 0 Å². The third-order valence-electron chi connectivity index (χ3n) is 2.77. The molecule has 0 saturated heterocycles. The summed E-state index contributed by atoms with van der Waals surface area (Å²) in [6.45, 7) is 4.38. The SMILES string of the molecule is CCNCCCCc1ccc(N(C)C)cc1. The maximum Gasteiger partial charge on any atom is 0.0361 e. The van der Waals surface area contributed by atoms with Crippen molar-refractivity contribution in [2.24, 2.45) is 0 Å². The molecule has 0 bridgehead atoms. The van der Waals surface area contributed by atoms with Crippen LogP contribution in [-0.4, -0.2) is 27.2 Å². The average molecular weight is 220 g/mol. The van der Waals surface area contributed by atoms with Crippen LogP contribution in [0.5, 0.6) is 0 Å². The molecule has 0 aromatic heterocycles. The monoisotopic (exact) mass is 220 g/mol. The average Bonchev–Trinajstić information content (AvgIpc) is 2.29. The number of hydrogen-bond donors (Lipinski definition) is 1. The number of nitrogens with one attached hydrogen (secondary N) is 1. The molecule has 0 heterocycles. The van der Waals surface area contributed by atoms with E-state index < -0.39 is 0 Å². The van der Waals surface area contributed by atoms with E-state index >= 15 is 0 Å². The molecule has 16 heavy (non-hydrogen) atoms. The van der Waals surface area contributed by atoms with E-state index in [0.29, 0.717) is 0 Å². The smallest absolute Gasteiger partial charge is 0.0361 e. The van der Waals surface area contributed by atoms with Crippen LogP contribution < -0.4 is 10.2 Å². The first-order valence-corrected chi connectivity index (χ1v) is 6.21. The van der Waals surface area contributed by atoms with Crippen molar-refractivity contribution >= 4 is 5.69 Å². The van der Waals surface area contributed by atoms with Crippen molar-refractivity contribution in [3.63, 3.8) is 0 Å². The van der Waals surface area contributed by atoms with Gasteiger partial charge < -0.3 is 10.2 Å². The molecule has 0 aliphatic carbocycles. The molecule has 0 radical (unpaired) electrons. The molecule has 0 atom stereocenters. The number of aryl methyl sites for hydroxylation is 1. The van der Waals surface area contributed by atoms with Gasteiger partial charge in [0.05, 0.1) is 0 Å². The summed E-state index contributed by atoms with van der Waals surface area (Å²) in [6, 6.07) is 8.87. The lowest BCUT2D eigenvalue weighted by molar-refractivity contribution is 0.641. The van der Waals surface area contributed by atoms with E-state index in [4.69, 9.17) is 0 Å². The zero-order chi connectivity index (χ0) is 11.8. The van der Waals surface area contributed by atoms with Crippen molar-refractivity contribution in [3.05, 3.63) is 29.8 Å². The van der Waals surface area contributed by atoms with Gasteiger partial charge in [-0.05, 0) is 50.0 Å². The van der Waals surface area contributed by atoms with Crippen LogP contribution >= 0.6 is 0 Å². The van der Waals surface area contributed by atoms with E-state index in [1.54, 1.807) is 0 Å². The minimum absolute atomic E-state index is 1.08. The van der Waals surface area contributed by atoms with Crippen LogP contribution in [0, 0.1) is 0 Å². The minimum atomic E-state index is 1.08. The Balaban J connectivity index is 2.27. The van der Waals surface area contributed by atoms with Gasteiger partial charge in [-0.2, -0.15) is 0 Å². The Hall–Kier alpha value is -1.02. The van der Waals surface area contributed by atoms with Crippen molar-refractivity contribution in [3.8, 4) is 0 Å². The van der Waals surface area contributed by atoms with Gasteiger partial charge in [0.2, 0.25) is 0 Å². The molecule has 1 rings (SSSR count). The summed E-state index contributed by atoms with van der Waals surface area (Å²) in [5.74, 6) is 0. The summed E-state index contributed by atoms with van der Waals surface area (Å²) in [5.41, 5.74) is 2.72. The van der Waals surface area contributed by atoms with Crippen molar-refractivity contribution < 1.29 is 0 Å². The van der Waals surface area contributed by atoms with Crippen LogP contribution in [0.25, 0.3) is 0 Å². The third-order valence-corrected chi connectivity index (χ3v) is 2.77. The predicted octanol–water partition coefficient (Wildman–Crippen LogP) is 2.68. The lowest BCUT2D eigenvalue weighted by Crippen LogP contribution is -2.13. The fraction of sp³-hybridized carbons (Fsp3) is 0.571. The zero-order valence-electron chi connectivity index (χ0n) is 10.8. The Morgan fingerprint density at radius 1 is 1.06 bits per heavy atom. The van der Waals surface area contributed by atoms with Gasteiger partial charge in [-0.15, -0.1) is 0 Å². The number of benzene rings is 1. The molecule has 0 spiro atoms. The fourth-order valence-corrected chi connectivity index (χ4v) is 1.72. The zero-order valence-corrected chi connectivity index (χ0v) is 10.8. The van der Waals surface area contributed by atoms with Gasteiger partial charge in [-0.25, -0.2) is 0 Å². The van der Waals surface area contributed by atoms with Crippen LogP contribution in [0.1, 0.15) is 25.3 Å². The van der Waals surface area contributed by atoms with Gasteiger partial charge in [-0.3, -0.25) is 0 Å². The van der Waals surface area contributed by atoms with Crippen molar-refractivity contribution in [2.45, 2.75) is 26.2 Å². The van der Waals surface area contributed by atoms with E-state index in [2.05, 4.69) is 55.5 Å². The van der Waals surface area contributed by atoms with E-state index in [9.17, 15) is 0 Å². The molecule has 0 saturated carbocycles. The van der Waals surface area contributed by atoms with Crippen LogP contribution in [0.15, 0.2) is 24.3 Å². The second kappa shape index (κ2) is 7.29. The number of hydrogen-bond acceptors (Lipinski definition) is 2. The van der Waals surface area contributed by atoms with Gasteiger partial charge in [0, 0.05) is 19.8 Å². The van der Waals surface area contributed by atoms with Crippen molar-refractivity contribution in [2.75, 3.05) is 32.1 Å². The van der Waals surface area contributed by atoms with E-state index in [0.717, 1.165) is 13.1 Å². The minimum Gasteiger partial charge on any atom is -0.378 e. The summed E-state index contributed by atoms with van der Waals surface area (Å²) >= 11 is 0. The highest BCUT2D eigenvalue weighted by Crippen LogP contribution is 2.13. The number of unbranched alkanes of at least 4 members (excludes halogenated alkanes) is 1. The molecular formula is C14H24N2. The fourth-order valence-electron chi connectivity index (χ4n) is 1.72. The second-order valence-corrected chi connectivity index (χ2v) is 4.37. The highest BCUT2D eigenvalue weighted by atomic mass is 15.1. The number of nitrogens with zero attached hydrogens (tertiary/aromatic N) is 1. The Bertz CT molecular complexity index is 277. The van der Waals surface area contributed by atoms with Crippen LogP contribution in [0.2, 0.25) is 0 Å². The molecule has 0 aliphatic rings. The van der Waals surface area contributed by atoms with Gasteiger partial charge in [0.25, 0.3) is 0 Å². The maximum atomic E-state index is 3.35. The van der Waals surface area contributed by atoms with Crippen LogP contribution in [0.3, 0.4) is 0 Å². The quantitative estimate of drug-likeness (QED) is 0.711. The Morgan fingerprint density at radius 3 is 2.31 bits per heavy atom. The number of rotatable bonds is 7. The summed E-state index contributed by atoms with van der Waals surface area (Å²) in [4.78, 5) is 2.13. The first-order valence-electron chi connectivity index (χ1n) is 6.21. The highest BCUT2D eigenvalue weighted by molar-refractivity contribution is 5.45. The molecule has 0 unspecified atom stereocenters. The van der Waals surface area contributed by atoms with Crippen molar-refractivity contribution in [1.82, 2.24) is 5.32 Å². The Labute approximate surface area is 99.7 Å². The summed E-state index contributed by atoms with van der Waals surface area (Å²) in [7, 11) is 4.15. The van der Waals surface area contributed by atoms with E-state index in [1.165, 1.54) is 30.5 Å². The van der Waals surface area contributed by atoms with Crippen molar-refractivity contribution in [1.29, 1.82) is 0 Å². The topological polar surface area (TPSA) is 15.3 Å². The predicted molar refractivity (Wildman–Crippen MR) is 72.3 cm³/mol. The molecule has 0 fully saturated rings. The van der Waals surface area contributed by atoms with E-state index in [1.807, 2.05) is 0 Å². The molecule has 2 nitrogen and oxygen atoms in total. The first kappa shape index (κ1) is 13.0. The molecule has 1 aromatic carbocycles. The summed E-state index contributed by atoms with van der Waals surface area (Å²) in [5, 5.41) is 3.35. The third kappa shape index (κ3) is 4.67. The van der Waals surface area contributed by atoms with Gasteiger partial charge in [0.1, 0.15) is 0 Å². The largest absolute Gasteiger partial charge is 0.378 e. The standard InChI is InChI=1S/C14H24N2/c1-4-15-12-6-5-7-13-8-10-14(11-9-13)16(2)3/h8-11,15H,4-7,12H2,1-3H3.